The summed E-state index contributed by atoms with van der Waals surface area (Å²) in [6.45, 7) is 3.99. The zero-order valence-corrected chi connectivity index (χ0v) is 17.0. The molecule has 0 unspecified atom stereocenters. The summed E-state index contributed by atoms with van der Waals surface area (Å²) in [6, 6.07) is 11.6. The van der Waals surface area contributed by atoms with Gasteiger partial charge >= 0.3 is 0 Å². The molecule has 0 fully saturated rings. The Labute approximate surface area is 166 Å². The van der Waals surface area contributed by atoms with Gasteiger partial charge in [0, 0.05) is 30.8 Å². The Morgan fingerprint density at radius 2 is 1.82 bits per heavy atom. The first kappa shape index (κ1) is 21.0. The number of allylic oxidation sites excluding steroid dienone is 2. The molecular weight excluding hydrogens is 354 g/mol. The van der Waals surface area contributed by atoms with Crippen molar-refractivity contribution in [2.45, 2.75) is 20.3 Å². The quantitative estimate of drug-likeness (QED) is 0.541. The van der Waals surface area contributed by atoms with Crippen molar-refractivity contribution in [3.63, 3.8) is 0 Å². The maximum absolute atomic E-state index is 11.1. The van der Waals surface area contributed by atoms with Crippen LogP contribution in [0.2, 0.25) is 0 Å². The topological polar surface area (TPSA) is 85.9 Å². The molecule has 0 saturated carbocycles. The fourth-order valence-corrected chi connectivity index (χ4v) is 3.05. The number of methoxy groups -OCH3 is 2. The number of rotatable bonds is 8. The van der Waals surface area contributed by atoms with Gasteiger partial charge in [0.15, 0.2) is 11.5 Å². The maximum atomic E-state index is 11.1. The molecule has 0 aromatic heterocycles. The minimum atomic E-state index is 0.514. The van der Waals surface area contributed by atoms with Crippen LogP contribution in [0.4, 0.5) is 5.69 Å². The molecule has 0 atom stereocenters. The number of aliphatic imine (C=N–C) groups is 1. The lowest BCUT2D eigenvalue weighted by atomic mass is 9.96. The van der Waals surface area contributed by atoms with E-state index in [1.54, 1.807) is 33.4 Å². The summed E-state index contributed by atoms with van der Waals surface area (Å²) in [7, 11) is 4.80. The number of carbonyl (C=O) groups excluding carboxylic acids is 1. The van der Waals surface area contributed by atoms with Crippen LogP contribution in [0, 0.1) is 6.92 Å². The number of ether oxygens (including phenoxy) is 2. The Morgan fingerprint density at radius 1 is 1.18 bits per heavy atom. The van der Waals surface area contributed by atoms with E-state index < -0.39 is 0 Å². The summed E-state index contributed by atoms with van der Waals surface area (Å²) in [6.07, 6.45) is 1.23. The molecule has 0 saturated heterocycles. The second-order valence-corrected chi connectivity index (χ2v) is 6.34. The number of hydrogen-bond donors (Lipinski definition) is 2. The average Bonchev–Trinajstić information content (AvgIpc) is 2.70. The highest BCUT2D eigenvalue weighted by atomic mass is 16.5. The lowest BCUT2D eigenvalue weighted by Crippen LogP contribution is -2.15. The second kappa shape index (κ2) is 9.60. The van der Waals surface area contributed by atoms with Crippen LogP contribution in [0.25, 0.3) is 0 Å². The summed E-state index contributed by atoms with van der Waals surface area (Å²) < 4.78 is 10.7. The number of hydrogen-bond acceptors (Lipinski definition) is 5. The van der Waals surface area contributed by atoms with Crippen LogP contribution in [0.3, 0.4) is 0 Å². The number of aryl methyl sites for hydroxylation is 1. The van der Waals surface area contributed by atoms with Crippen LogP contribution in [0.1, 0.15) is 23.6 Å². The Hall–Kier alpha value is -3.28. The molecule has 3 N–H and O–H groups in total. The van der Waals surface area contributed by atoms with E-state index in [1.165, 1.54) is 5.56 Å². The van der Waals surface area contributed by atoms with Gasteiger partial charge in [0.1, 0.15) is 0 Å². The van der Waals surface area contributed by atoms with Gasteiger partial charge in [-0.25, -0.2) is 0 Å². The molecule has 1 amide bonds. The SMILES string of the molecule is CN=C(/C(C)=C(/N)Cc1ccccc1C)c1cc(OC)c(OC)cc1NC=O. The van der Waals surface area contributed by atoms with Gasteiger partial charge in [0.25, 0.3) is 0 Å². The molecule has 0 heterocycles. The van der Waals surface area contributed by atoms with E-state index in [0.717, 1.165) is 11.1 Å². The van der Waals surface area contributed by atoms with Gasteiger partial charge in [0.2, 0.25) is 6.41 Å². The second-order valence-electron chi connectivity index (χ2n) is 6.34. The fraction of sp³-hybridized carbons (Fsp3) is 0.273. The number of nitrogens with two attached hydrogens (primary N) is 1. The van der Waals surface area contributed by atoms with E-state index in [9.17, 15) is 4.79 Å². The van der Waals surface area contributed by atoms with E-state index in [-0.39, 0.29) is 0 Å². The van der Waals surface area contributed by atoms with Crippen molar-refractivity contribution in [1.82, 2.24) is 0 Å². The maximum Gasteiger partial charge on any atom is 0.211 e. The third-order valence-corrected chi connectivity index (χ3v) is 4.70. The van der Waals surface area contributed by atoms with Gasteiger partial charge in [-0.15, -0.1) is 0 Å². The predicted octanol–water partition coefficient (Wildman–Crippen LogP) is 3.47. The van der Waals surface area contributed by atoms with Gasteiger partial charge < -0.3 is 20.5 Å². The standard InChI is InChI=1S/C22H27N3O3/c1-14-8-6-7-9-16(14)10-18(23)15(2)22(24-3)17-11-20(27-4)21(28-5)12-19(17)25-13-26/h6-9,11-13H,10,23H2,1-5H3,(H,25,26)/b18-15+,24-22?. The van der Waals surface area contributed by atoms with Crippen molar-refractivity contribution in [2.24, 2.45) is 10.7 Å². The van der Waals surface area contributed by atoms with Crippen LogP contribution in [-0.2, 0) is 11.2 Å². The van der Waals surface area contributed by atoms with Crippen molar-refractivity contribution in [3.05, 3.63) is 64.4 Å². The lowest BCUT2D eigenvalue weighted by molar-refractivity contribution is -0.105. The van der Waals surface area contributed by atoms with Crippen LogP contribution >= 0.6 is 0 Å². The average molecular weight is 381 g/mol. The first-order chi connectivity index (χ1) is 13.5. The Balaban J connectivity index is 2.54. The molecule has 6 heteroatoms. The van der Waals surface area contributed by atoms with Gasteiger partial charge in [-0.3, -0.25) is 9.79 Å². The van der Waals surface area contributed by atoms with E-state index in [1.807, 2.05) is 19.1 Å². The summed E-state index contributed by atoms with van der Waals surface area (Å²) in [5.41, 5.74) is 12.3. The Bertz CT molecular complexity index is 917. The summed E-state index contributed by atoms with van der Waals surface area (Å²) in [5, 5.41) is 2.71. The van der Waals surface area contributed by atoms with Gasteiger partial charge in [0.05, 0.1) is 25.6 Å². The molecule has 2 rings (SSSR count). The molecule has 0 radical (unpaired) electrons. The number of anilines is 1. The van der Waals surface area contributed by atoms with Crippen LogP contribution in [0.15, 0.2) is 52.7 Å². The minimum Gasteiger partial charge on any atom is -0.493 e. The lowest BCUT2D eigenvalue weighted by Gasteiger charge is -2.17. The summed E-state index contributed by atoms with van der Waals surface area (Å²) in [4.78, 5) is 15.6. The van der Waals surface area contributed by atoms with Crippen LogP contribution in [0.5, 0.6) is 11.5 Å². The molecule has 6 nitrogen and oxygen atoms in total. The van der Waals surface area contributed by atoms with Gasteiger partial charge in [-0.05, 0) is 36.6 Å². The van der Waals surface area contributed by atoms with E-state index in [2.05, 4.69) is 29.4 Å². The molecule has 2 aromatic rings. The first-order valence-corrected chi connectivity index (χ1v) is 8.90. The Kier molecular flexibility index (Phi) is 7.21. The van der Waals surface area contributed by atoms with Crippen molar-refractivity contribution >= 4 is 17.8 Å². The molecule has 0 aliphatic carbocycles. The van der Waals surface area contributed by atoms with Crippen LogP contribution in [-0.4, -0.2) is 33.4 Å². The number of nitrogens with zero attached hydrogens (tertiary/aromatic N) is 1. The summed E-state index contributed by atoms with van der Waals surface area (Å²) >= 11 is 0. The molecule has 28 heavy (non-hydrogen) atoms. The zero-order chi connectivity index (χ0) is 20.7. The first-order valence-electron chi connectivity index (χ1n) is 8.90. The number of amides is 1. The number of nitrogens with one attached hydrogen (secondary N) is 1. The molecule has 0 aliphatic heterocycles. The van der Waals surface area contributed by atoms with E-state index in [0.29, 0.717) is 47.0 Å². The number of benzene rings is 2. The third kappa shape index (κ3) is 4.52. The van der Waals surface area contributed by atoms with Crippen LogP contribution < -0.4 is 20.5 Å². The highest BCUT2D eigenvalue weighted by molar-refractivity contribution is 6.16. The molecule has 0 bridgehead atoms. The molecule has 2 aromatic carbocycles. The fourth-order valence-electron chi connectivity index (χ4n) is 3.05. The van der Waals surface area contributed by atoms with E-state index >= 15 is 0 Å². The predicted molar refractivity (Wildman–Crippen MR) is 113 cm³/mol. The minimum absolute atomic E-state index is 0.514. The van der Waals surface area contributed by atoms with Gasteiger partial charge in [-0.1, -0.05) is 24.3 Å². The van der Waals surface area contributed by atoms with Crippen molar-refractivity contribution in [2.75, 3.05) is 26.6 Å². The molecule has 148 valence electrons. The van der Waals surface area contributed by atoms with Crippen molar-refractivity contribution in [1.29, 1.82) is 0 Å². The Morgan fingerprint density at radius 3 is 2.39 bits per heavy atom. The molecule has 0 spiro atoms. The van der Waals surface area contributed by atoms with E-state index in [4.69, 9.17) is 15.2 Å². The molecular formula is C22H27N3O3. The highest BCUT2D eigenvalue weighted by Crippen LogP contribution is 2.34. The summed E-state index contributed by atoms with van der Waals surface area (Å²) in [5.74, 6) is 1.06. The smallest absolute Gasteiger partial charge is 0.211 e. The third-order valence-electron chi connectivity index (χ3n) is 4.70. The largest absolute Gasteiger partial charge is 0.493 e. The number of carbonyl (C=O) groups is 1. The normalized spacial score (nSPS) is 12.2. The van der Waals surface area contributed by atoms with Gasteiger partial charge in [-0.2, -0.15) is 0 Å². The van der Waals surface area contributed by atoms with Crippen molar-refractivity contribution in [3.8, 4) is 11.5 Å². The zero-order valence-electron chi connectivity index (χ0n) is 17.0. The molecule has 0 aliphatic rings. The van der Waals surface area contributed by atoms with Crippen molar-refractivity contribution < 1.29 is 14.3 Å². The monoisotopic (exact) mass is 381 g/mol. The highest BCUT2D eigenvalue weighted by Gasteiger charge is 2.18.